The number of nitrogens with one attached hydrogen (secondary N) is 3. The molecule has 3 N–H and O–H groups in total. The van der Waals surface area contributed by atoms with Gasteiger partial charge in [-0.15, -0.1) is 0 Å². The molecule has 0 unspecified atom stereocenters. The van der Waals surface area contributed by atoms with Crippen LogP contribution in [0.15, 0.2) is 71.7 Å². The summed E-state index contributed by atoms with van der Waals surface area (Å²) < 4.78 is 21.7. The zero-order valence-electron chi connectivity index (χ0n) is 36.2. The standard InChI is InChI=1S/C43H55ClN4O9.CO2/c1-40(2,3)29-18-13-26(14-19-29)23-33(36(51)55-41(4,5)6)46-34(49)24-28-17-22-31(25-32(28)44)54-35(50)27-15-20-30(21-16-27)45-37(47-38(52)56-42(7,8)9)48-39(53)57-43(10,11)12;2-1-3/h13-22,25,33H,23-24H2,1-12H3,(H,46,49)(H2,45,47,48,52,53);/t33-;/m0./s1. The smallest absolute Gasteiger partial charge is 0.414 e. The van der Waals surface area contributed by atoms with Crippen LogP contribution in [0, 0.1) is 0 Å². The number of benzene rings is 3. The molecule has 3 aromatic rings. The van der Waals surface area contributed by atoms with Crippen molar-refractivity contribution in [1.29, 1.82) is 0 Å². The van der Waals surface area contributed by atoms with E-state index in [1.165, 1.54) is 36.4 Å². The van der Waals surface area contributed by atoms with Gasteiger partial charge < -0.3 is 24.3 Å². The van der Waals surface area contributed by atoms with Crippen LogP contribution in [0.2, 0.25) is 5.02 Å². The van der Waals surface area contributed by atoms with Gasteiger partial charge in [-0.2, -0.15) is 9.59 Å². The van der Waals surface area contributed by atoms with Crippen molar-refractivity contribution >= 4 is 59.4 Å². The van der Waals surface area contributed by atoms with Crippen LogP contribution in [0.25, 0.3) is 0 Å². The summed E-state index contributed by atoms with van der Waals surface area (Å²) in [6, 6.07) is 17.3. The largest absolute Gasteiger partial charge is 0.458 e. The van der Waals surface area contributed by atoms with E-state index in [9.17, 15) is 24.0 Å². The van der Waals surface area contributed by atoms with E-state index in [-0.39, 0.29) is 52.4 Å². The van der Waals surface area contributed by atoms with Gasteiger partial charge in [-0.1, -0.05) is 62.7 Å². The Morgan fingerprint density at radius 2 is 1.20 bits per heavy atom. The molecule has 0 aliphatic heterocycles. The van der Waals surface area contributed by atoms with Crippen LogP contribution < -0.4 is 20.7 Å². The number of carbonyl (C=O) groups excluding carboxylic acids is 7. The van der Waals surface area contributed by atoms with Crippen molar-refractivity contribution in [3.8, 4) is 5.75 Å². The molecule has 3 rings (SSSR count). The summed E-state index contributed by atoms with van der Waals surface area (Å²) in [5.74, 6) is -1.84. The molecule has 0 saturated heterocycles. The van der Waals surface area contributed by atoms with Crippen LogP contribution in [-0.4, -0.2) is 65.0 Å². The van der Waals surface area contributed by atoms with E-state index in [4.69, 9.17) is 40.1 Å². The summed E-state index contributed by atoms with van der Waals surface area (Å²) in [5, 5.41) is 7.77. The minimum atomic E-state index is -0.942. The summed E-state index contributed by atoms with van der Waals surface area (Å²) in [6.07, 6.45) is -1.38. The van der Waals surface area contributed by atoms with Crippen LogP contribution in [0.4, 0.5) is 15.3 Å². The maximum absolute atomic E-state index is 13.3. The number of hydrogen-bond acceptors (Lipinski definition) is 12. The molecule has 0 aliphatic carbocycles. The Labute approximate surface area is 355 Å². The lowest BCUT2D eigenvalue weighted by Crippen LogP contribution is -2.47. The van der Waals surface area contributed by atoms with Crippen LogP contribution in [0.1, 0.15) is 110 Å². The first kappa shape index (κ1) is 50.1. The average Bonchev–Trinajstić information content (AvgIpc) is 3.07. The minimum Gasteiger partial charge on any atom is -0.458 e. The fourth-order valence-electron chi connectivity index (χ4n) is 4.95. The lowest BCUT2D eigenvalue weighted by molar-refractivity contribution is -0.191. The Kier molecular flexibility index (Phi) is 17.8. The molecular weight excluding hydrogens is 796 g/mol. The third-order valence-electron chi connectivity index (χ3n) is 7.45. The first-order valence-corrected chi connectivity index (χ1v) is 19.3. The maximum atomic E-state index is 13.3. The number of alkyl carbamates (subject to hydrolysis) is 2. The topological polar surface area (TPSA) is 205 Å². The van der Waals surface area contributed by atoms with E-state index in [0.29, 0.717) is 5.56 Å². The highest BCUT2D eigenvalue weighted by Crippen LogP contribution is 2.26. The summed E-state index contributed by atoms with van der Waals surface area (Å²) in [5.41, 5.74) is 0.476. The molecule has 15 nitrogen and oxygen atoms in total. The third kappa shape index (κ3) is 19.1. The van der Waals surface area contributed by atoms with Crippen LogP contribution in [-0.2, 0) is 51.6 Å². The molecule has 60 heavy (non-hydrogen) atoms. The van der Waals surface area contributed by atoms with Crippen molar-refractivity contribution in [3.63, 3.8) is 0 Å². The quantitative estimate of drug-likeness (QED) is 0.0620. The lowest BCUT2D eigenvalue weighted by Gasteiger charge is -2.25. The average molecular weight is 851 g/mol. The molecule has 0 aliphatic rings. The van der Waals surface area contributed by atoms with Gasteiger partial charge in [0.2, 0.25) is 11.9 Å². The highest BCUT2D eigenvalue weighted by atomic mass is 35.5. The molecule has 3 amide bonds. The number of carbonyl (C=O) groups is 5. The molecule has 0 heterocycles. The van der Waals surface area contributed by atoms with Gasteiger partial charge in [-0.25, -0.2) is 24.2 Å². The van der Waals surface area contributed by atoms with Gasteiger partial charge in [-0.05, 0) is 121 Å². The molecule has 0 spiro atoms. The normalized spacial score (nSPS) is 11.9. The lowest BCUT2D eigenvalue weighted by atomic mass is 9.86. The van der Waals surface area contributed by atoms with E-state index in [0.717, 1.165) is 11.1 Å². The van der Waals surface area contributed by atoms with Gasteiger partial charge in [0.25, 0.3) is 0 Å². The Bertz CT molecular complexity index is 2020. The van der Waals surface area contributed by atoms with Crippen molar-refractivity contribution in [2.24, 2.45) is 4.99 Å². The summed E-state index contributed by atoms with van der Waals surface area (Å²) in [4.78, 5) is 84.8. The first-order chi connectivity index (χ1) is 27.6. The van der Waals surface area contributed by atoms with Crippen LogP contribution in [0.5, 0.6) is 5.75 Å². The summed E-state index contributed by atoms with van der Waals surface area (Å²) >= 11 is 6.53. The highest BCUT2D eigenvalue weighted by molar-refractivity contribution is 6.31. The first-order valence-electron chi connectivity index (χ1n) is 18.9. The number of esters is 2. The number of nitrogens with zero attached hydrogens (tertiary/aromatic N) is 1. The molecule has 0 aromatic heterocycles. The van der Waals surface area contributed by atoms with Crippen molar-refractivity contribution < 1.29 is 52.5 Å². The highest BCUT2D eigenvalue weighted by Gasteiger charge is 2.28. The monoisotopic (exact) mass is 850 g/mol. The van der Waals surface area contributed by atoms with Gasteiger partial charge in [0, 0.05) is 11.4 Å². The zero-order chi connectivity index (χ0) is 45.6. The van der Waals surface area contributed by atoms with Gasteiger partial charge in [-0.3, -0.25) is 15.4 Å². The molecule has 0 radical (unpaired) electrons. The zero-order valence-corrected chi connectivity index (χ0v) is 36.9. The third-order valence-corrected chi connectivity index (χ3v) is 7.81. The van der Waals surface area contributed by atoms with Crippen LogP contribution in [0.3, 0.4) is 0 Å². The molecule has 0 saturated carbocycles. The van der Waals surface area contributed by atoms with Gasteiger partial charge in [0.05, 0.1) is 17.7 Å². The Morgan fingerprint density at radius 1 is 0.700 bits per heavy atom. The van der Waals surface area contributed by atoms with E-state index < -0.39 is 52.9 Å². The second-order valence-corrected chi connectivity index (χ2v) is 17.9. The molecule has 0 fully saturated rings. The summed E-state index contributed by atoms with van der Waals surface area (Å²) in [6.45, 7) is 21.7. The molecule has 0 bridgehead atoms. The predicted octanol–water partition coefficient (Wildman–Crippen LogP) is 7.92. The van der Waals surface area contributed by atoms with Gasteiger partial charge >= 0.3 is 30.3 Å². The van der Waals surface area contributed by atoms with Gasteiger partial charge in [0.1, 0.15) is 28.6 Å². The second-order valence-electron chi connectivity index (χ2n) is 17.5. The number of aliphatic imine (C=N–C) groups is 1. The van der Waals surface area contributed by atoms with Crippen molar-refractivity contribution in [3.05, 3.63) is 94.0 Å². The molecular formula is C44H55ClN4O11. The predicted molar refractivity (Wildman–Crippen MR) is 224 cm³/mol. The second kappa shape index (κ2) is 21.3. The van der Waals surface area contributed by atoms with Gasteiger partial charge in [0.15, 0.2) is 0 Å². The molecule has 16 heteroatoms. The number of hydrogen-bond donors (Lipinski definition) is 3. The number of guanidine groups is 1. The minimum absolute atomic E-state index is 0.0360. The van der Waals surface area contributed by atoms with E-state index in [1.54, 1.807) is 68.4 Å². The van der Waals surface area contributed by atoms with Crippen LogP contribution >= 0.6 is 11.6 Å². The maximum Gasteiger partial charge on any atom is 0.414 e. The van der Waals surface area contributed by atoms with E-state index >= 15 is 0 Å². The Morgan fingerprint density at radius 3 is 1.65 bits per heavy atom. The molecule has 3 aromatic carbocycles. The van der Waals surface area contributed by atoms with Crippen molar-refractivity contribution in [2.45, 2.75) is 124 Å². The molecule has 324 valence electrons. The fourth-order valence-corrected chi connectivity index (χ4v) is 5.19. The van der Waals surface area contributed by atoms with E-state index in [1.807, 2.05) is 24.3 Å². The van der Waals surface area contributed by atoms with Crippen molar-refractivity contribution in [2.75, 3.05) is 0 Å². The number of halogens is 1. The number of rotatable bonds is 9. The van der Waals surface area contributed by atoms with Crippen molar-refractivity contribution in [1.82, 2.24) is 16.0 Å². The Hall–Kier alpha value is -6.05. The Balaban J connectivity index is 0.00000401. The summed E-state index contributed by atoms with van der Waals surface area (Å²) in [7, 11) is 0. The number of ether oxygens (including phenoxy) is 4. The van der Waals surface area contributed by atoms with E-state index in [2.05, 4.69) is 41.7 Å². The fraction of sp³-hybridized carbons (Fsp3) is 0.432. The SMILES string of the molecule is CC(C)(C)OC(=O)NC(=Nc1ccc(C(=O)Oc2ccc(CC(=O)N[C@@H](Cc3ccc(C(C)(C)C)cc3)C(=O)OC(C)(C)C)c(Cl)c2)cc1)NC(=O)OC(C)(C)C.O=C=O. The molecule has 1 atom stereocenters. The number of amides is 3.